The Morgan fingerprint density at radius 1 is 1.26 bits per heavy atom. The number of hydrogen-bond donors (Lipinski definition) is 3. The van der Waals surface area contributed by atoms with Crippen molar-refractivity contribution in [3.8, 4) is 6.07 Å². The summed E-state index contributed by atoms with van der Waals surface area (Å²) in [7, 11) is 1.74. The first-order chi connectivity index (χ1) is 17.1. The summed E-state index contributed by atoms with van der Waals surface area (Å²) < 4.78 is 16.6. The second-order valence-corrected chi connectivity index (χ2v) is 9.73. The molecule has 0 radical (unpaired) electrons. The molecule has 190 valence electrons. The highest BCUT2D eigenvalue weighted by Gasteiger charge is 2.34. The lowest BCUT2D eigenvalue weighted by Crippen LogP contribution is -2.43. The number of hydrazone groups is 1. The van der Waals surface area contributed by atoms with E-state index in [9.17, 15) is 5.26 Å². The molecular weight excluding hydrogens is 446 g/mol. The van der Waals surface area contributed by atoms with Gasteiger partial charge in [0.25, 0.3) is 0 Å². The van der Waals surface area contributed by atoms with Crippen LogP contribution in [0.5, 0.6) is 0 Å². The summed E-state index contributed by atoms with van der Waals surface area (Å²) >= 11 is 0. The third kappa shape index (κ3) is 7.13. The predicted octanol–water partition coefficient (Wildman–Crippen LogP) is 2.46. The van der Waals surface area contributed by atoms with Crippen LogP contribution in [0.2, 0.25) is 0 Å². The van der Waals surface area contributed by atoms with Crippen LogP contribution >= 0.6 is 0 Å². The Balaban J connectivity index is 1.31. The number of nitrogens with one attached hydrogen (secondary N) is 3. The van der Waals surface area contributed by atoms with Gasteiger partial charge < -0.3 is 30.3 Å². The molecule has 0 unspecified atom stereocenters. The Bertz CT molecular complexity index is 931. The van der Waals surface area contributed by atoms with Gasteiger partial charge in [-0.2, -0.15) is 5.26 Å². The van der Waals surface area contributed by atoms with Crippen molar-refractivity contribution >= 4 is 17.4 Å². The number of aromatic nitrogens is 2. The average Bonchev–Trinajstić information content (AvgIpc) is 2.90. The van der Waals surface area contributed by atoms with Crippen molar-refractivity contribution < 1.29 is 14.2 Å². The smallest absolute Gasteiger partial charge is 0.231 e. The van der Waals surface area contributed by atoms with Gasteiger partial charge in [-0.1, -0.05) is 0 Å². The van der Waals surface area contributed by atoms with E-state index in [4.69, 9.17) is 19.2 Å². The van der Waals surface area contributed by atoms with Gasteiger partial charge in [-0.15, -0.1) is 5.10 Å². The monoisotopic (exact) mass is 483 g/mol. The summed E-state index contributed by atoms with van der Waals surface area (Å²) in [5.41, 5.74) is 4.30. The Morgan fingerprint density at radius 2 is 2.03 bits per heavy atom. The molecule has 2 fully saturated rings. The first kappa shape index (κ1) is 25.4. The van der Waals surface area contributed by atoms with Gasteiger partial charge in [0.05, 0.1) is 30.3 Å². The fraction of sp³-hybridized carbons (Fsp3) is 0.680. The zero-order chi connectivity index (χ0) is 24.5. The third-order valence-electron chi connectivity index (χ3n) is 6.92. The molecule has 10 nitrogen and oxygen atoms in total. The molecule has 0 aromatic carbocycles. The van der Waals surface area contributed by atoms with E-state index in [1.54, 1.807) is 13.3 Å². The Morgan fingerprint density at radius 3 is 2.77 bits per heavy atom. The predicted molar refractivity (Wildman–Crippen MR) is 134 cm³/mol. The van der Waals surface area contributed by atoms with Crippen LogP contribution in [0.15, 0.2) is 23.4 Å². The molecule has 1 aromatic rings. The molecule has 3 heterocycles. The number of rotatable bonds is 9. The summed E-state index contributed by atoms with van der Waals surface area (Å²) in [5.74, 6) is 1.11. The summed E-state index contributed by atoms with van der Waals surface area (Å²) in [6.45, 7) is 4.92. The number of hydrogen-bond acceptors (Lipinski definition) is 10. The molecule has 4 rings (SSSR count). The highest BCUT2D eigenvalue weighted by molar-refractivity contribution is 5.96. The first-order valence-electron chi connectivity index (χ1n) is 12.6. The summed E-state index contributed by atoms with van der Waals surface area (Å²) in [6, 6.07) is 5.58. The van der Waals surface area contributed by atoms with Crippen molar-refractivity contribution in [1.29, 1.82) is 5.26 Å². The highest BCUT2D eigenvalue weighted by atomic mass is 16.5. The van der Waals surface area contributed by atoms with Crippen molar-refractivity contribution in [3.63, 3.8) is 0 Å². The number of methoxy groups -OCH3 is 1. The van der Waals surface area contributed by atoms with Gasteiger partial charge in [0.2, 0.25) is 11.8 Å². The molecule has 3 aliphatic rings. The van der Waals surface area contributed by atoms with Crippen LogP contribution in [0.25, 0.3) is 5.57 Å². The normalized spacial score (nSPS) is 24.8. The van der Waals surface area contributed by atoms with Crippen LogP contribution in [-0.2, 0) is 14.2 Å². The van der Waals surface area contributed by atoms with Crippen LogP contribution in [0.1, 0.15) is 51.1 Å². The minimum atomic E-state index is -0.519. The second-order valence-electron chi connectivity index (χ2n) is 9.73. The lowest BCUT2D eigenvalue weighted by Gasteiger charge is -2.31. The number of anilines is 1. The maximum atomic E-state index is 9.65. The minimum absolute atomic E-state index is 0.301. The van der Waals surface area contributed by atoms with Gasteiger partial charge >= 0.3 is 0 Å². The van der Waals surface area contributed by atoms with Crippen molar-refractivity contribution in [2.75, 3.05) is 45.4 Å². The quantitative estimate of drug-likeness (QED) is 0.485. The summed E-state index contributed by atoms with van der Waals surface area (Å²) in [5, 5.41) is 21.1. The fourth-order valence-corrected chi connectivity index (χ4v) is 4.83. The van der Waals surface area contributed by atoms with Crippen LogP contribution in [0, 0.1) is 16.7 Å². The van der Waals surface area contributed by atoms with Gasteiger partial charge in [-0.3, -0.25) is 0 Å². The third-order valence-corrected chi connectivity index (χ3v) is 6.92. The fourth-order valence-electron chi connectivity index (χ4n) is 4.83. The van der Waals surface area contributed by atoms with Crippen LogP contribution in [0.3, 0.4) is 0 Å². The molecule has 1 atom stereocenters. The topological polar surface area (TPSA) is 126 Å². The van der Waals surface area contributed by atoms with Crippen molar-refractivity contribution in [2.24, 2.45) is 10.5 Å². The molecule has 1 saturated carbocycles. The zero-order valence-corrected chi connectivity index (χ0v) is 20.8. The standard InChI is InChI=1S/C25H37N7O3/c1-18(15-33-2)29-20-3-5-21(6-4-20)30-24-27-10-7-22(31-24)19-13-23(32-28-14-19)35-17-25(16-26)8-11-34-12-9-25/h7,10,13,18,20-21,28-29H,3-6,8-9,11-12,14-15,17H2,1-2H3,(H,27,30,31)/t18-,20?,21?/m1/s1. The molecule has 3 N–H and O–H groups in total. The maximum absolute atomic E-state index is 9.65. The Kier molecular flexibility index (Phi) is 8.90. The van der Waals surface area contributed by atoms with Crippen molar-refractivity contribution in [1.82, 2.24) is 20.7 Å². The first-order valence-corrected chi connectivity index (χ1v) is 12.6. The van der Waals surface area contributed by atoms with Crippen molar-refractivity contribution in [3.05, 3.63) is 24.0 Å². The van der Waals surface area contributed by atoms with Gasteiger partial charge in [0, 0.05) is 56.3 Å². The Labute approximate surface area is 207 Å². The summed E-state index contributed by atoms with van der Waals surface area (Å²) in [4.78, 5) is 9.20. The van der Waals surface area contributed by atoms with Gasteiger partial charge in [-0.25, -0.2) is 9.97 Å². The molecule has 0 bridgehead atoms. The lowest BCUT2D eigenvalue weighted by molar-refractivity contribution is 0.0168. The van der Waals surface area contributed by atoms with Gasteiger partial charge in [0.1, 0.15) is 6.61 Å². The van der Waals surface area contributed by atoms with E-state index >= 15 is 0 Å². The van der Waals surface area contributed by atoms with Crippen LogP contribution in [0.4, 0.5) is 5.95 Å². The molecular formula is C25H37N7O3. The lowest BCUT2D eigenvalue weighted by atomic mass is 9.83. The molecule has 35 heavy (non-hydrogen) atoms. The Hall–Kier alpha value is -2.74. The molecule has 10 heteroatoms. The summed E-state index contributed by atoms with van der Waals surface area (Å²) in [6.07, 6.45) is 9.41. The van der Waals surface area contributed by atoms with Crippen molar-refractivity contribution in [2.45, 2.75) is 63.6 Å². The zero-order valence-electron chi connectivity index (χ0n) is 20.8. The molecule has 1 aliphatic carbocycles. The minimum Gasteiger partial charge on any atom is -0.475 e. The van der Waals surface area contributed by atoms with Gasteiger partial charge in [0.15, 0.2) is 0 Å². The van der Waals surface area contributed by atoms with E-state index in [0.29, 0.717) is 69.2 Å². The molecule has 2 aliphatic heterocycles. The van der Waals surface area contributed by atoms with Crippen LogP contribution < -0.4 is 16.1 Å². The van der Waals surface area contributed by atoms with E-state index < -0.39 is 5.41 Å². The highest BCUT2D eigenvalue weighted by Crippen LogP contribution is 2.30. The van der Waals surface area contributed by atoms with Crippen LogP contribution in [-0.4, -0.2) is 74.1 Å². The molecule has 0 spiro atoms. The van der Waals surface area contributed by atoms with E-state index in [-0.39, 0.29) is 0 Å². The van der Waals surface area contributed by atoms with E-state index in [1.165, 1.54) is 0 Å². The largest absolute Gasteiger partial charge is 0.475 e. The molecule has 1 saturated heterocycles. The molecule has 0 amide bonds. The number of ether oxygens (including phenoxy) is 3. The SMILES string of the molecule is COC[C@@H](C)NC1CCC(Nc2nccc(C3=CC(OCC4(C#N)CCOCC4)=NNC3)n2)CC1. The van der Waals surface area contributed by atoms with E-state index in [1.807, 2.05) is 12.1 Å². The van der Waals surface area contributed by atoms with Gasteiger partial charge in [-0.05, 0) is 51.5 Å². The average molecular weight is 484 g/mol. The van der Waals surface area contributed by atoms with E-state index in [2.05, 4.69) is 39.1 Å². The van der Waals surface area contributed by atoms with E-state index in [0.717, 1.165) is 43.6 Å². The number of nitriles is 1. The second kappa shape index (κ2) is 12.3. The molecule has 1 aromatic heterocycles. The number of nitrogens with zero attached hydrogens (tertiary/aromatic N) is 4. The maximum Gasteiger partial charge on any atom is 0.231 e.